The Balaban J connectivity index is 1.69. The van der Waals surface area contributed by atoms with Gasteiger partial charge in [-0.3, -0.25) is 9.78 Å². The molecule has 0 atom stereocenters. The summed E-state index contributed by atoms with van der Waals surface area (Å²) in [5, 5.41) is 1.54. The SMILES string of the molecule is O=C(c1cc(Cl)cc(Cl)c1)N1CCN(c2ccncc2Cl)CC1. The van der Waals surface area contributed by atoms with E-state index >= 15 is 0 Å². The predicted octanol–water partition coefficient (Wildman–Crippen LogP) is 4.00. The van der Waals surface area contributed by atoms with Crippen molar-refractivity contribution in [3.63, 3.8) is 0 Å². The molecule has 3 rings (SSSR count). The minimum atomic E-state index is -0.0603. The Morgan fingerprint density at radius 2 is 1.65 bits per heavy atom. The van der Waals surface area contributed by atoms with Gasteiger partial charge in [-0.15, -0.1) is 0 Å². The Hall–Kier alpha value is -1.49. The standard InChI is InChI=1S/C16H14Cl3N3O/c17-12-7-11(8-13(18)9-12)16(23)22-5-3-21(4-6-22)15-1-2-20-10-14(15)19/h1-2,7-10H,3-6H2. The van der Waals surface area contributed by atoms with Crippen molar-refractivity contribution in [3.8, 4) is 0 Å². The smallest absolute Gasteiger partial charge is 0.254 e. The van der Waals surface area contributed by atoms with Crippen LogP contribution in [-0.4, -0.2) is 42.0 Å². The summed E-state index contributed by atoms with van der Waals surface area (Å²) in [7, 11) is 0. The van der Waals surface area contributed by atoms with Crippen LogP contribution in [0.1, 0.15) is 10.4 Å². The summed E-state index contributed by atoms with van der Waals surface area (Å²) in [6, 6.07) is 6.78. The summed E-state index contributed by atoms with van der Waals surface area (Å²) in [4.78, 5) is 20.5. The number of carbonyl (C=O) groups is 1. The van der Waals surface area contributed by atoms with Crippen molar-refractivity contribution < 1.29 is 4.79 Å². The van der Waals surface area contributed by atoms with Crippen LogP contribution in [0.5, 0.6) is 0 Å². The highest BCUT2D eigenvalue weighted by molar-refractivity contribution is 6.35. The molecule has 1 fully saturated rings. The number of piperazine rings is 1. The van der Waals surface area contributed by atoms with Gasteiger partial charge in [-0.25, -0.2) is 0 Å². The third-order valence-corrected chi connectivity index (χ3v) is 4.50. The molecule has 7 heteroatoms. The number of hydrogen-bond donors (Lipinski definition) is 0. The number of halogens is 3. The lowest BCUT2D eigenvalue weighted by Gasteiger charge is -2.36. The van der Waals surface area contributed by atoms with E-state index < -0.39 is 0 Å². The average molecular weight is 371 g/mol. The Kier molecular flexibility index (Phi) is 4.95. The van der Waals surface area contributed by atoms with Crippen LogP contribution in [0.25, 0.3) is 0 Å². The third-order valence-electron chi connectivity index (χ3n) is 3.77. The highest BCUT2D eigenvalue weighted by atomic mass is 35.5. The molecule has 1 aliphatic heterocycles. The zero-order valence-electron chi connectivity index (χ0n) is 12.2. The van der Waals surface area contributed by atoms with Crippen LogP contribution < -0.4 is 4.90 Å². The first-order chi connectivity index (χ1) is 11.0. The van der Waals surface area contributed by atoms with Gasteiger partial charge in [0.25, 0.3) is 5.91 Å². The molecule has 4 nitrogen and oxygen atoms in total. The van der Waals surface area contributed by atoms with E-state index in [4.69, 9.17) is 34.8 Å². The normalized spacial score (nSPS) is 14.9. The lowest BCUT2D eigenvalue weighted by molar-refractivity contribution is 0.0747. The van der Waals surface area contributed by atoms with Gasteiger partial charge in [0.15, 0.2) is 0 Å². The predicted molar refractivity (Wildman–Crippen MR) is 93.8 cm³/mol. The molecule has 23 heavy (non-hydrogen) atoms. The number of benzene rings is 1. The molecule has 0 bridgehead atoms. The Morgan fingerprint density at radius 1 is 1.00 bits per heavy atom. The lowest BCUT2D eigenvalue weighted by Crippen LogP contribution is -2.48. The molecule has 2 aromatic rings. The van der Waals surface area contributed by atoms with Crippen LogP contribution in [-0.2, 0) is 0 Å². The van der Waals surface area contributed by atoms with Crippen LogP contribution >= 0.6 is 34.8 Å². The van der Waals surface area contributed by atoms with Crippen molar-refractivity contribution in [2.45, 2.75) is 0 Å². The van der Waals surface area contributed by atoms with E-state index in [-0.39, 0.29) is 5.91 Å². The summed E-state index contributed by atoms with van der Waals surface area (Å²) in [5.74, 6) is -0.0603. The van der Waals surface area contributed by atoms with Gasteiger partial charge < -0.3 is 9.80 Å². The minimum absolute atomic E-state index is 0.0603. The Morgan fingerprint density at radius 3 is 2.26 bits per heavy atom. The van der Waals surface area contributed by atoms with Gasteiger partial charge in [0.1, 0.15) is 0 Å². The van der Waals surface area contributed by atoms with Crippen LogP contribution in [0.15, 0.2) is 36.7 Å². The van der Waals surface area contributed by atoms with E-state index in [1.54, 1.807) is 35.5 Å². The van der Waals surface area contributed by atoms with Crippen LogP contribution in [0.4, 0.5) is 5.69 Å². The fourth-order valence-electron chi connectivity index (χ4n) is 2.63. The van der Waals surface area contributed by atoms with Crippen LogP contribution in [0.2, 0.25) is 15.1 Å². The zero-order valence-corrected chi connectivity index (χ0v) is 14.4. The number of amides is 1. The first kappa shape index (κ1) is 16.4. The van der Waals surface area contributed by atoms with Gasteiger partial charge in [0, 0.05) is 54.2 Å². The highest BCUT2D eigenvalue weighted by Gasteiger charge is 2.23. The number of anilines is 1. The van der Waals surface area contributed by atoms with Crippen molar-refractivity contribution in [2.24, 2.45) is 0 Å². The number of carbonyl (C=O) groups excluding carboxylic acids is 1. The summed E-state index contributed by atoms with van der Waals surface area (Å²) >= 11 is 18.1. The lowest BCUT2D eigenvalue weighted by atomic mass is 10.1. The van der Waals surface area contributed by atoms with Crippen molar-refractivity contribution >= 4 is 46.4 Å². The molecule has 1 aliphatic rings. The molecule has 1 aromatic carbocycles. The maximum atomic E-state index is 12.6. The summed E-state index contributed by atoms with van der Waals surface area (Å²) in [6.45, 7) is 2.65. The number of rotatable bonds is 2. The molecule has 0 aliphatic carbocycles. The van der Waals surface area contributed by atoms with Gasteiger partial charge >= 0.3 is 0 Å². The average Bonchev–Trinajstić information content (AvgIpc) is 2.54. The van der Waals surface area contributed by atoms with Crippen LogP contribution in [0.3, 0.4) is 0 Å². The zero-order chi connectivity index (χ0) is 16.4. The molecule has 0 radical (unpaired) electrons. The van der Waals surface area contributed by atoms with Gasteiger partial charge in [0.05, 0.1) is 10.7 Å². The molecule has 0 unspecified atom stereocenters. The second-order valence-electron chi connectivity index (χ2n) is 5.26. The fourth-order valence-corrected chi connectivity index (χ4v) is 3.40. The molecule has 1 saturated heterocycles. The molecule has 1 aromatic heterocycles. The quantitative estimate of drug-likeness (QED) is 0.801. The summed E-state index contributed by atoms with van der Waals surface area (Å²) in [6.07, 6.45) is 3.34. The second-order valence-corrected chi connectivity index (χ2v) is 6.54. The van der Waals surface area contributed by atoms with E-state index in [1.165, 1.54) is 0 Å². The van der Waals surface area contributed by atoms with E-state index in [1.807, 2.05) is 6.07 Å². The van der Waals surface area contributed by atoms with Crippen molar-refractivity contribution in [1.29, 1.82) is 0 Å². The highest BCUT2D eigenvalue weighted by Crippen LogP contribution is 2.26. The van der Waals surface area contributed by atoms with E-state index in [9.17, 15) is 4.79 Å². The second kappa shape index (κ2) is 6.95. The number of hydrogen-bond acceptors (Lipinski definition) is 3. The Bertz CT molecular complexity index is 710. The first-order valence-corrected chi connectivity index (χ1v) is 8.28. The molecule has 0 N–H and O–H groups in total. The minimum Gasteiger partial charge on any atom is -0.367 e. The summed E-state index contributed by atoms with van der Waals surface area (Å²) < 4.78 is 0. The summed E-state index contributed by atoms with van der Waals surface area (Å²) in [5.41, 5.74) is 1.46. The maximum absolute atomic E-state index is 12.6. The molecule has 120 valence electrons. The molecule has 2 heterocycles. The van der Waals surface area contributed by atoms with Gasteiger partial charge in [0.2, 0.25) is 0 Å². The molecular formula is C16H14Cl3N3O. The first-order valence-electron chi connectivity index (χ1n) is 7.14. The third kappa shape index (κ3) is 3.71. The van der Waals surface area contributed by atoms with Gasteiger partial charge in [-0.1, -0.05) is 34.8 Å². The molecule has 0 spiro atoms. The topological polar surface area (TPSA) is 36.4 Å². The van der Waals surface area contributed by atoms with E-state index in [2.05, 4.69) is 9.88 Å². The van der Waals surface area contributed by atoms with Crippen LogP contribution in [0, 0.1) is 0 Å². The fraction of sp³-hybridized carbons (Fsp3) is 0.250. The number of pyridine rings is 1. The Labute approximate surface area is 149 Å². The number of nitrogens with zero attached hydrogens (tertiary/aromatic N) is 3. The van der Waals surface area contributed by atoms with Crippen molar-refractivity contribution in [2.75, 3.05) is 31.1 Å². The van der Waals surface area contributed by atoms with Crippen molar-refractivity contribution in [1.82, 2.24) is 9.88 Å². The molecular weight excluding hydrogens is 357 g/mol. The largest absolute Gasteiger partial charge is 0.367 e. The molecule has 0 saturated carbocycles. The van der Waals surface area contributed by atoms with Gasteiger partial charge in [-0.05, 0) is 24.3 Å². The van der Waals surface area contributed by atoms with Gasteiger partial charge in [-0.2, -0.15) is 0 Å². The van der Waals surface area contributed by atoms with E-state index in [0.717, 1.165) is 5.69 Å². The van der Waals surface area contributed by atoms with E-state index in [0.29, 0.717) is 46.8 Å². The maximum Gasteiger partial charge on any atom is 0.254 e. The molecule has 1 amide bonds. The van der Waals surface area contributed by atoms with Crippen molar-refractivity contribution in [3.05, 3.63) is 57.3 Å². The monoisotopic (exact) mass is 369 g/mol. The number of aromatic nitrogens is 1.